The highest BCUT2D eigenvalue weighted by Gasteiger charge is 2.38. The van der Waals surface area contributed by atoms with E-state index in [1.165, 1.54) is 25.3 Å². The summed E-state index contributed by atoms with van der Waals surface area (Å²) in [5.74, 6) is 0.696. The number of benzene rings is 1. The zero-order chi connectivity index (χ0) is 15.0. The molecule has 21 heavy (non-hydrogen) atoms. The number of hydrogen-bond donors (Lipinski definition) is 1. The van der Waals surface area contributed by atoms with Gasteiger partial charge >= 0.3 is 0 Å². The molecule has 1 aliphatic heterocycles. The lowest BCUT2D eigenvalue weighted by molar-refractivity contribution is 0.0783. The number of rotatable bonds is 2. The third kappa shape index (κ3) is 2.75. The van der Waals surface area contributed by atoms with Crippen molar-refractivity contribution in [2.45, 2.75) is 25.3 Å². The number of likely N-dealkylation sites (tertiary alicyclic amines) is 1. The van der Waals surface area contributed by atoms with Gasteiger partial charge in [0, 0.05) is 24.7 Å². The molecule has 0 aromatic heterocycles. The fourth-order valence-corrected chi connectivity index (χ4v) is 3.61. The van der Waals surface area contributed by atoms with Crippen molar-refractivity contribution < 1.29 is 13.9 Å². The zero-order valence-corrected chi connectivity index (χ0v) is 12.2. The molecule has 1 heterocycles. The van der Waals surface area contributed by atoms with Gasteiger partial charge in [0.15, 0.2) is 11.6 Å². The monoisotopic (exact) mass is 292 g/mol. The number of methoxy groups -OCH3 is 1. The van der Waals surface area contributed by atoms with Crippen molar-refractivity contribution >= 4 is 5.91 Å². The van der Waals surface area contributed by atoms with Gasteiger partial charge in [-0.1, -0.05) is 0 Å². The fourth-order valence-electron chi connectivity index (χ4n) is 3.61. The van der Waals surface area contributed by atoms with Gasteiger partial charge in [-0.2, -0.15) is 0 Å². The number of amides is 1. The molecular weight excluding hydrogens is 271 g/mol. The summed E-state index contributed by atoms with van der Waals surface area (Å²) in [5.41, 5.74) is 6.50. The topological polar surface area (TPSA) is 55.6 Å². The number of nitrogens with zero attached hydrogens (tertiary/aromatic N) is 1. The molecule has 1 saturated carbocycles. The fraction of sp³-hybridized carbons (Fsp3) is 0.562. The maximum Gasteiger partial charge on any atom is 0.254 e. The van der Waals surface area contributed by atoms with Crippen LogP contribution in [0.3, 0.4) is 0 Å². The van der Waals surface area contributed by atoms with Crippen molar-refractivity contribution in [1.29, 1.82) is 0 Å². The van der Waals surface area contributed by atoms with Gasteiger partial charge in [-0.3, -0.25) is 4.79 Å². The third-order valence-corrected chi connectivity index (χ3v) is 4.78. The molecule has 1 aromatic rings. The van der Waals surface area contributed by atoms with E-state index < -0.39 is 5.82 Å². The minimum Gasteiger partial charge on any atom is -0.494 e. The molecule has 1 saturated heterocycles. The molecule has 1 unspecified atom stereocenters. The van der Waals surface area contributed by atoms with Crippen molar-refractivity contribution in [3.05, 3.63) is 29.6 Å². The van der Waals surface area contributed by atoms with Gasteiger partial charge in [0.2, 0.25) is 0 Å². The van der Waals surface area contributed by atoms with Crippen LogP contribution in [0.25, 0.3) is 0 Å². The quantitative estimate of drug-likeness (QED) is 0.907. The summed E-state index contributed by atoms with van der Waals surface area (Å²) in [6, 6.07) is 4.55. The van der Waals surface area contributed by atoms with Crippen molar-refractivity contribution in [3.63, 3.8) is 0 Å². The molecule has 114 valence electrons. The predicted molar refractivity (Wildman–Crippen MR) is 77.7 cm³/mol. The van der Waals surface area contributed by atoms with Crippen LogP contribution in [0.4, 0.5) is 4.39 Å². The number of halogens is 1. The Morgan fingerprint density at radius 2 is 2.10 bits per heavy atom. The van der Waals surface area contributed by atoms with E-state index in [9.17, 15) is 9.18 Å². The van der Waals surface area contributed by atoms with E-state index in [1.54, 1.807) is 0 Å². The maximum absolute atomic E-state index is 13.4. The summed E-state index contributed by atoms with van der Waals surface area (Å²) < 4.78 is 18.4. The first-order valence-corrected chi connectivity index (χ1v) is 7.47. The van der Waals surface area contributed by atoms with E-state index in [2.05, 4.69) is 0 Å². The summed E-state index contributed by atoms with van der Waals surface area (Å²) in [6.07, 6.45) is 3.15. The lowest BCUT2D eigenvalue weighted by atomic mass is 9.79. The van der Waals surface area contributed by atoms with Crippen LogP contribution in [0.1, 0.15) is 29.6 Å². The summed E-state index contributed by atoms with van der Waals surface area (Å²) in [5, 5.41) is 0. The van der Waals surface area contributed by atoms with E-state index in [0.29, 0.717) is 17.4 Å². The van der Waals surface area contributed by atoms with Crippen LogP contribution in [-0.2, 0) is 0 Å². The van der Waals surface area contributed by atoms with Gasteiger partial charge in [0.05, 0.1) is 7.11 Å². The van der Waals surface area contributed by atoms with Gasteiger partial charge < -0.3 is 15.4 Å². The second-order valence-corrected chi connectivity index (χ2v) is 6.15. The molecule has 4 nitrogen and oxygen atoms in total. The van der Waals surface area contributed by atoms with Crippen molar-refractivity contribution in [3.8, 4) is 5.75 Å². The Labute approximate surface area is 124 Å². The normalized spacial score (nSPS) is 28.3. The first-order chi connectivity index (χ1) is 10.1. The molecule has 2 N–H and O–H groups in total. The molecule has 1 amide bonds. The van der Waals surface area contributed by atoms with Crippen molar-refractivity contribution in [2.75, 3.05) is 20.2 Å². The SMILES string of the molecule is COc1cc(C(=O)N2C[C@H]3CCC(N)C[C@H]3C2)ccc1F. The first-order valence-electron chi connectivity index (χ1n) is 7.47. The molecule has 0 radical (unpaired) electrons. The van der Waals surface area contributed by atoms with E-state index in [4.69, 9.17) is 10.5 Å². The van der Waals surface area contributed by atoms with Gasteiger partial charge in [0.1, 0.15) is 0 Å². The van der Waals surface area contributed by atoms with E-state index in [-0.39, 0.29) is 17.7 Å². The number of hydrogen-bond acceptors (Lipinski definition) is 3. The lowest BCUT2D eigenvalue weighted by Crippen LogP contribution is -2.32. The van der Waals surface area contributed by atoms with Gasteiger partial charge in [-0.25, -0.2) is 4.39 Å². The lowest BCUT2D eigenvalue weighted by Gasteiger charge is -2.27. The molecule has 3 atom stereocenters. The average molecular weight is 292 g/mol. The van der Waals surface area contributed by atoms with E-state index in [1.807, 2.05) is 4.90 Å². The Balaban J connectivity index is 1.74. The van der Waals surface area contributed by atoms with Crippen LogP contribution in [0.15, 0.2) is 18.2 Å². The van der Waals surface area contributed by atoms with Gasteiger partial charge in [0.25, 0.3) is 5.91 Å². The number of fused-ring (bicyclic) bond motifs is 1. The molecule has 2 fully saturated rings. The molecular formula is C16H21FN2O2. The standard InChI is InChI=1S/C16H21FN2O2/c1-21-15-7-10(3-5-14(15)17)16(20)19-8-11-2-4-13(18)6-12(11)9-19/h3,5,7,11-13H,2,4,6,8-9,18H2,1H3/t11-,12+,13?/m1/s1. The second kappa shape index (κ2) is 5.64. The summed E-state index contributed by atoms with van der Waals surface area (Å²) in [7, 11) is 1.40. The highest BCUT2D eigenvalue weighted by atomic mass is 19.1. The van der Waals surface area contributed by atoms with E-state index in [0.717, 1.165) is 32.4 Å². The van der Waals surface area contributed by atoms with Crippen LogP contribution < -0.4 is 10.5 Å². The Morgan fingerprint density at radius 3 is 2.86 bits per heavy atom. The Bertz CT molecular complexity index is 549. The molecule has 3 rings (SSSR count). The number of carbonyl (C=O) groups excluding carboxylic acids is 1. The molecule has 2 aliphatic rings. The predicted octanol–water partition coefficient (Wildman–Crippen LogP) is 2.03. The summed E-state index contributed by atoms with van der Waals surface area (Å²) in [6.45, 7) is 1.55. The highest BCUT2D eigenvalue weighted by Crippen LogP contribution is 2.36. The Kier molecular flexibility index (Phi) is 3.85. The minimum absolute atomic E-state index is 0.0451. The molecule has 0 spiro atoms. The molecule has 1 aliphatic carbocycles. The van der Waals surface area contributed by atoms with Crippen molar-refractivity contribution in [2.24, 2.45) is 17.6 Å². The highest BCUT2D eigenvalue weighted by molar-refractivity contribution is 5.94. The minimum atomic E-state index is -0.449. The van der Waals surface area contributed by atoms with Gasteiger partial charge in [-0.15, -0.1) is 0 Å². The van der Waals surface area contributed by atoms with Crippen LogP contribution >= 0.6 is 0 Å². The van der Waals surface area contributed by atoms with Crippen LogP contribution in [0.2, 0.25) is 0 Å². The Hall–Kier alpha value is -1.62. The van der Waals surface area contributed by atoms with E-state index >= 15 is 0 Å². The molecule has 5 heteroatoms. The smallest absolute Gasteiger partial charge is 0.254 e. The van der Waals surface area contributed by atoms with Crippen LogP contribution in [0.5, 0.6) is 5.75 Å². The Morgan fingerprint density at radius 1 is 1.33 bits per heavy atom. The largest absolute Gasteiger partial charge is 0.494 e. The van der Waals surface area contributed by atoms with Gasteiger partial charge in [-0.05, 0) is 49.3 Å². The first kappa shape index (κ1) is 14.3. The van der Waals surface area contributed by atoms with Crippen molar-refractivity contribution in [1.82, 2.24) is 4.90 Å². The zero-order valence-electron chi connectivity index (χ0n) is 12.2. The number of nitrogens with two attached hydrogens (primary N) is 1. The average Bonchev–Trinajstić information content (AvgIpc) is 2.90. The summed E-state index contributed by atoms with van der Waals surface area (Å²) in [4.78, 5) is 14.4. The van der Waals surface area contributed by atoms with Crippen LogP contribution in [0, 0.1) is 17.7 Å². The van der Waals surface area contributed by atoms with Crippen LogP contribution in [-0.4, -0.2) is 37.0 Å². The summed E-state index contributed by atoms with van der Waals surface area (Å²) >= 11 is 0. The third-order valence-electron chi connectivity index (χ3n) is 4.78. The molecule has 0 bridgehead atoms. The number of carbonyl (C=O) groups is 1. The second-order valence-electron chi connectivity index (χ2n) is 6.15. The number of ether oxygens (including phenoxy) is 1. The molecule has 1 aromatic carbocycles. The maximum atomic E-state index is 13.4.